The van der Waals surface area contributed by atoms with E-state index in [1.807, 2.05) is 0 Å². The fourth-order valence-corrected chi connectivity index (χ4v) is 1.25. The summed E-state index contributed by atoms with van der Waals surface area (Å²) in [7, 11) is 1.53. The minimum Gasteiger partial charge on any atom is -0.497 e. The Bertz CT molecular complexity index is 377. The van der Waals surface area contributed by atoms with E-state index in [9.17, 15) is 10.0 Å². The number of hydroxylamine groups is 1. The first-order chi connectivity index (χ1) is 6.72. The van der Waals surface area contributed by atoms with Crippen LogP contribution in [0.15, 0.2) is 18.2 Å². The molecule has 1 aliphatic rings. The summed E-state index contributed by atoms with van der Waals surface area (Å²) < 4.78 is 10.1. The Kier molecular flexibility index (Phi) is 2.01. The highest BCUT2D eigenvalue weighted by Crippen LogP contribution is 2.33. The summed E-state index contributed by atoms with van der Waals surface area (Å²) in [6.07, 6.45) is 0. The number of methoxy groups -OCH3 is 1. The van der Waals surface area contributed by atoms with Gasteiger partial charge in [0.05, 0.1) is 7.11 Å². The van der Waals surface area contributed by atoms with E-state index in [2.05, 4.69) is 0 Å². The highest BCUT2D eigenvalue weighted by Gasteiger charge is 2.24. The van der Waals surface area contributed by atoms with Crippen LogP contribution in [0.5, 0.6) is 11.5 Å². The van der Waals surface area contributed by atoms with Crippen LogP contribution in [-0.4, -0.2) is 24.8 Å². The Morgan fingerprint density at radius 3 is 3.07 bits per heavy atom. The highest BCUT2D eigenvalue weighted by molar-refractivity contribution is 5.95. The van der Waals surface area contributed by atoms with Crippen LogP contribution in [0.25, 0.3) is 0 Å². The molecule has 0 unspecified atom stereocenters. The maximum absolute atomic E-state index is 11.0. The van der Waals surface area contributed by atoms with Gasteiger partial charge in [-0.3, -0.25) is 10.0 Å². The first kappa shape index (κ1) is 8.83. The van der Waals surface area contributed by atoms with Crippen molar-refractivity contribution in [3.8, 4) is 11.5 Å². The Balaban J connectivity index is 2.43. The van der Waals surface area contributed by atoms with Crippen LogP contribution in [0.4, 0.5) is 5.69 Å². The van der Waals surface area contributed by atoms with E-state index in [0.717, 1.165) is 0 Å². The number of hydrogen-bond donors (Lipinski definition) is 1. The van der Waals surface area contributed by atoms with Crippen LogP contribution in [0.1, 0.15) is 0 Å². The fraction of sp³-hybridized carbons (Fsp3) is 0.222. The van der Waals surface area contributed by atoms with Crippen LogP contribution in [0.2, 0.25) is 0 Å². The number of ether oxygens (including phenoxy) is 2. The number of benzene rings is 1. The molecule has 1 aromatic rings. The van der Waals surface area contributed by atoms with Gasteiger partial charge in [0.2, 0.25) is 0 Å². The van der Waals surface area contributed by atoms with Crippen LogP contribution in [-0.2, 0) is 4.79 Å². The molecule has 0 aromatic heterocycles. The summed E-state index contributed by atoms with van der Waals surface area (Å²) >= 11 is 0. The molecular weight excluding hydrogens is 186 g/mol. The lowest BCUT2D eigenvalue weighted by Crippen LogP contribution is -2.35. The number of fused-ring (bicyclic) bond motifs is 1. The summed E-state index contributed by atoms with van der Waals surface area (Å²) in [4.78, 5) is 11.0. The SMILES string of the molecule is COc1ccc2c(c1)OCC(=O)N2O. The minimum absolute atomic E-state index is 0.156. The van der Waals surface area contributed by atoms with Crippen molar-refractivity contribution in [2.75, 3.05) is 18.8 Å². The Labute approximate surface area is 80.4 Å². The molecule has 0 saturated carbocycles. The molecule has 74 valence electrons. The average Bonchev–Trinajstić information content (AvgIpc) is 2.23. The second-order valence-corrected chi connectivity index (χ2v) is 2.83. The molecular formula is C9H9NO4. The molecule has 0 spiro atoms. The van der Waals surface area contributed by atoms with Crippen LogP contribution < -0.4 is 14.5 Å². The third-order valence-corrected chi connectivity index (χ3v) is 1.98. The number of rotatable bonds is 1. The third kappa shape index (κ3) is 1.27. The van der Waals surface area contributed by atoms with Crippen molar-refractivity contribution in [3.05, 3.63) is 18.2 Å². The lowest BCUT2D eigenvalue weighted by Gasteiger charge is -2.23. The molecule has 1 N–H and O–H groups in total. The predicted octanol–water partition coefficient (Wildman–Crippen LogP) is 0.810. The molecule has 14 heavy (non-hydrogen) atoms. The molecule has 1 aliphatic heterocycles. The maximum atomic E-state index is 11.0. The van der Waals surface area contributed by atoms with Gasteiger partial charge in [-0.25, -0.2) is 0 Å². The monoisotopic (exact) mass is 195 g/mol. The summed E-state index contributed by atoms with van der Waals surface area (Å²) in [6.45, 7) is -0.156. The van der Waals surface area contributed by atoms with Crippen molar-refractivity contribution in [1.82, 2.24) is 0 Å². The Hall–Kier alpha value is -1.75. The van der Waals surface area contributed by atoms with Crippen molar-refractivity contribution in [2.24, 2.45) is 0 Å². The Morgan fingerprint density at radius 2 is 2.36 bits per heavy atom. The zero-order chi connectivity index (χ0) is 10.1. The van der Waals surface area contributed by atoms with Gasteiger partial charge in [0.25, 0.3) is 5.91 Å². The number of hydrogen-bond acceptors (Lipinski definition) is 4. The van der Waals surface area contributed by atoms with Crippen molar-refractivity contribution >= 4 is 11.6 Å². The van der Waals surface area contributed by atoms with Gasteiger partial charge < -0.3 is 9.47 Å². The highest BCUT2D eigenvalue weighted by atomic mass is 16.5. The van der Waals surface area contributed by atoms with Gasteiger partial charge >= 0.3 is 0 Å². The molecule has 0 atom stereocenters. The summed E-state index contributed by atoms with van der Waals surface area (Å²) in [6, 6.07) is 4.82. The molecule has 5 heteroatoms. The average molecular weight is 195 g/mol. The van der Waals surface area contributed by atoms with E-state index in [4.69, 9.17) is 9.47 Å². The third-order valence-electron chi connectivity index (χ3n) is 1.98. The lowest BCUT2D eigenvalue weighted by molar-refractivity contribution is -0.126. The number of amides is 1. The number of carbonyl (C=O) groups excluding carboxylic acids is 1. The normalized spacial score (nSPS) is 14.7. The van der Waals surface area contributed by atoms with Gasteiger partial charge in [-0.15, -0.1) is 0 Å². The smallest absolute Gasteiger partial charge is 0.288 e. The molecule has 0 saturated heterocycles. The first-order valence-corrected chi connectivity index (χ1v) is 4.05. The van der Waals surface area contributed by atoms with Gasteiger partial charge in [0.1, 0.15) is 17.2 Å². The van der Waals surface area contributed by atoms with Crippen LogP contribution in [0.3, 0.4) is 0 Å². The summed E-state index contributed by atoms with van der Waals surface area (Å²) in [5.41, 5.74) is 0.335. The van der Waals surface area contributed by atoms with E-state index < -0.39 is 5.91 Å². The van der Waals surface area contributed by atoms with Gasteiger partial charge in [0, 0.05) is 6.07 Å². The van der Waals surface area contributed by atoms with Crippen molar-refractivity contribution in [1.29, 1.82) is 0 Å². The van der Waals surface area contributed by atoms with Crippen molar-refractivity contribution in [3.63, 3.8) is 0 Å². The first-order valence-electron chi connectivity index (χ1n) is 4.05. The van der Waals surface area contributed by atoms with E-state index in [1.54, 1.807) is 18.2 Å². The van der Waals surface area contributed by atoms with Gasteiger partial charge in [-0.05, 0) is 12.1 Å². The predicted molar refractivity (Wildman–Crippen MR) is 47.8 cm³/mol. The molecule has 1 aromatic carbocycles. The maximum Gasteiger partial charge on any atom is 0.288 e. The molecule has 0 radical (unpaired) electrons. The molecule has 2 rings (SSSR count). The molecule has 1 amide bonds. The molecule has 0 fully saturated rings. The van der Waals surface area contributed by atoms with E-state index in [0.29, 0.717) is 22.2 Å². The van der Waals surface area contributed by atoms with Crippen LogP contribution >= 0.6 is 0 Å². The van der Waals surface area contributed by atoms with Gasteiger partial charge in [-0.2, -0.15) is 5.06 Å². The zero-order valence-corrected chi connectivity index (χ0v) is 7.56. The number of carbonyl (C=O) groups is 1. The van der Waals surface area contributed by atoms with E-state index in [-0.39, 0.29) is 6.61 Å². The van der Waals surface area contributed by atoms with Crippen LogP contribution in [0, 0.1) is 0 Å². The van der Waals surface area contributed by atoms with Gasteiger partial charge in [-0.1, -0.05) is 0 Å². The lowest BCUT2D eigenvalue weighted by atomic mass is 10.2. The van der Waals surface area contributed by atoms with Gasteiger partial charge in [0.15, 0.2) is 6.61 Å². The molecule has 5 nitrogen and oxygen atoms in total. The van der Waals surface area contributed by atoms with Crippen molar-refractivity contribution in [2.45, 2.75) is 0 Å². The second-order valence-electron chi connectivity index (χ2n) is 2.83. The number of anilines is 1. The number of nitrogens with zero attached hydrogens (tertiary/aromatic N) is 1. The molecule has 1 heterocycles. The Morgan fingerprint density at radius 1 is 1.57 bits per heavy atom. The second kappa shape index (κ2) is 3.19. The minimum atomic E-state index is -0.484. The fourth-order valence-electron chi connectivity index (χ4n) is 1.25. The topological polar surface area (TPSA) is 59.0 Å². The summed E-state index contributed by atoms with van der Waals surface area (Å²) in [5.74, 6) is 0.570. The quantitative estimate of drug-likeness (QED) is 0.673. The van der Waals surface area contributed by atoms with E-state index in [1.165, 1.54) is 7.11 Å². The zero-order valence-electron chi connectivity index (χ0n) is 7.56. The molecule has 0 bridgehead atoms. The molecule has 0 aliphatic carbocycles. The van der Waals surface area contributed by atoms with E-state index >= 15 is 0 Å². The van der Waals surface area contributed by atoms with Crippen molar-refractivity contribution < 1.29 is 19.5 Å². The largest absolute Gasteiger partial charge is 0.497 e. The standard InChI is InChI=1S/C9H9NO4/c1-13-6-2-3-7-8(4-6)14-5-9(11)10(7)12/h2-4,12H,5H2,1H3. The summed E-state index contributed by atoms with van der Waals surface area (Å²) in [5, 5.41) is 9.94.